The van der Waals surface area contributed by atoms with E-state index >= 15 is 0 Å². The van der Waals surface area contributed by atoms with E-state index < -0.39 is 0 Å². The molecule has 0 aromatic carbocycles. The lowest BCUT2D eigenvalue weighted by molar-refractivity contribution is 0.112. The van der Waals surface area contributed by atoms with Gasteiger partial charge in [-0.3, -0.25) is 4.79 Å². The SMILES string of the molecule is Cc1nc(N2CCCCC2C)sc1C=O. The van der Waals surface area contributed by atoms with Gasteiger partial charge in [0.2, 0.25) is 0 Å². The number of rotatable bonds is 2. The van der Waals surface area contributed by atoms with E-state index in [1.54, 1.807) is 0 Å². The van der Waals surface area contributed by atoms with E-state index in [0.29, 0.717) is 6.04 Å². The van der Waals surface area contributed by atoms with Crippen LogP contribution in [0.15, 0.2) is 0 Å². The molecule has 1 aliphatic heterocycles. The molecule has 0 bridgehead atoms. The van der Waals surface area contributed by atoms with Gasteiger partial charge in [-0.2, -0.15) is 0 Å². The number of carbonyl (C=O) groups is 1. The third kappa shape index (κ3) is 2.04. The van der Waals surface area contributed by atoms with E-state index in [9.17, 15) is 4.79 Å². The van der Waals surface area contributed by atoms with Crippen LogP contribution in [0.2, 0.25) is 0 Å². The predicted molar refractivity (Wildman–Crippen MR) is 62.9 cm³/mol. The largest absolute Gasteiger partial charge is 0.345 e. The monoisotopic (exact) mass is 224 g/mol. The van der Waals surface area contributed by atoms with Crippen LogP contribution in [0.5, 0.6) is 0 Å². The Morgan fingerprint density at radius 3 is 2.93 bits per heavy atom. The lowest BCUT2D eigenvalue weighted by atomic mass is 10.1. The van der Waals surface area contributed by atoms with Crippen molar-refractivity contribution in [3.8, 4) is 0 Å². The van der Waals surface area contributed by atoms with Gasteiger partial charge in [0, 0.05) is 12.6 Å². The Morgan fingerprint density at radius 2 is 2.33 bits per heavy atom. The summed E-state index contributed by atoms with van der Waals surface area (Å²) in [5.74, 6) is 0. The zero-order valence-electron chi connectivity index (χ0n) is 9.19. The number of thiazole rings is 1. The summed E-state index contributed by atoms with van der Waals surface area (Å²) in [5, 5.41) is 1.02. The molecule has 82 valence electrons. The van der Waals surface area contributed by atoms with Crippen LogP contribution >= 0.6 is 11.3 Å². The standard InChI is InChI=1S/C11H16N2OS/c1-8-5-3-4-6-13(8)11-12-9(2)10(7-14)15-11/h7-8H,3-6H2,1-2H3. The first-order chi connectivity index (χ1) is 7.22. The van der Waals surface area contributed by atoms with Crippen molar-refractivity contribution in [3.05, 3.63) is 10.6 Å². The number of hydrogen-bond acceptors (Lipinski definition) is 4. The summed E-state index contributed by atoms with van der Waals surface area (Å²) in [6.45, 7) is 5.21. The van der Waals surface area contributed by atoms with E-state index in [1.807, 2.05) is 6.92 Å². The molecule has 1 unspecified atom stereocenters. The fourth-order valence-corrected chi connectivity index (χ4v) is 3.02. The van der Waals surface area contributed by atoms with Gasteiger partial charge in [-0.1, -0.05) is 11.3 Å². The van der Waals surface area contributed by atoms with Gasteiger partial charge in [-0.15, -0.1) is 0 Å². The highest BCUT2D eigenvalue weighted by Crippen LogP contribution is 2.29. The molecular weight excluding hydrogens is 208 g/mol. The summed E-state index contributed by atoms with van der Waals surface area (Å²) in [6, 6.07) is 0.559. The summed E-state index contributed by atoms with van der Waals surface area (Å²) in [4.78, 5) is 18.3. The topological polar surface area (TPSA) is 33.2 Å². The molecule has 15 heavy (non-hydrogen) atoms. The molecule has 1 aliphatic rings. The third-order valence-electron chi connectivity index (χ3n) is 2.98. The van der Waals surface area contributed by atoms with E-state index in [2.05, 4.69) is 16.8 Å². The predicted octanol–water partition coefficient (Wildman–Crippen LogP) is 2.64. The quantitative estimate of drug-likeness (QED) is 0.724. The lowest BCUT2D eigenvalue weighted by Crippen LogP contribution is -2.37. The Morgan fingerprint density at radius 1 is 1.53 bits per heavy atom. The molecule has 0 saturated carbocycles. The zero-order chi connectivity index (χ0) is 10.8. The second-order valence-corrected chi connectivity index (χ2v) is 5.11. The average molecular weight is 224 g/mol. The van der Waals surface area contributed by atoms with Gasteiger partial charge in [-0.25, -0.2) is 4.98 Å². The van der Waals surface area contributed by atoms with Gasteiger partial charge >= 0.3 is 0 Å². The minimum atomic E-state index is 0.559. The molecule has 1 atom stereocenters. The number of anilines is 1. The molecule has 0 N–H and O–H groups in total. The van der Waals surface area contributed by atoms with Crippen LogP contribution in [-0.4, -0.2) is 23.9 Å². The van der Waals surface area contributed by atoms with Crippen molar-refractivity contribution in [2.45, 2.75) is 39.2 Å². The van der Waals surface area contributed by atoms with Crippen molar-refractivity contribution in [2.75, 3.05) is 11.4 Å². The highest BCUT2D eigenvalue weighted by Gasteiger charge is 2.21. The Bertz CT molecular complexity index is 361. The first-order valence-electron chi connectivity index (χ1n) is 5.41. The second kappa shape index (κ2) is 4.31. The summed E-state index contributed by atoms with van der Waals surface area (Å²) < 4.78 is 0. The van der Waals surface area contributed by atoms with Gasteiger partial charge in [0.25, 0.3) is 0 Å². The molecular formula is C11H16N2OS. The molecule has 1 saturated heterocycles. The van der Waals surface area contributed by atoms with E-state index in [1.165, 1.54) is 30.6 Å². The zero-order valence-corrected chi connectivity index (χ0v) is 10.0. The van der Waals surface area contributed by atoms with Crippen molar-refractivity contribution < 1.29 is 4.79 Å². The minimum Gasteiger partial charge on any atom is -0.345 e. The van der Waals surface area contributed by atoms with E-state index in [4.69, 9.17) is 0 Å². The Kier molecular flexibility index (Phi) is 3.05. The summed E-state index contributed by atoms with van der Waals surface area (Å²) in [5.41, 5.74) is 0.864. The first kappa shape index (κ1) is 10.6. The number of nitrogens with zero attached hydrogens (tertiary/aromatic N) is 2. The molecule has 0 spiro atoms. The smallest absolute Gasteiger partial charge is 0.186 e. The molecule has 1 fully saturated rings. The summed E-state index contributed by atoms with van der Waals surface area (Å²) in [7, 11) is 0. The molecule has 3 nitrogen and oxygen atoms in total. The molecule has 2 heterocycles. The summed E-state index contributed by atoms with van der Waals surface area (Å²) >= 11 is 1.52. The van der Waals surface area contributed by atoms with E-state index in [-0.39, 0.29) is 0 Å². The summed E-state index contributed by atoms with van der Waals surface area (Å²) in [6.07, 6.45) is 4.68. The maximum atomic E-state index is 10.8. The highest BCUT2D eigenvalue weighted by molar-refractivity contribution is 7.17. The molecule has 2 rings (SSSR count). The van der Waals surface area contributed by atoms with Gasteiger partial charge in [-0.05, 0) is 33.1 Å². The number of carbonyl (C=O) groups excluding carboxylic acids is 1. The maximum Gasteiger partial charge on any atom is 0.186 e. The van der Waals surface area contributed by atoms with Crippen molar-refractivity contribution >= 4 is 22.8 Å². The van der Waals surface area contributed by atoms with Crippen LogP contribution in [-0.2, 0) is 0 Å². The van der Waals surface area contributed by atoms with Crippen LogP contribution in [0.1, 0.15) is 41.6 Å². The molecule has 4 heteroatoms. The van der Waals surface area contributed by atoms with Crippen molar-refractivity contribution in [1.82, 2.24) is 4.98 Å². The van der Waals surface area contributed by atoms with Crippen molar-refractivity contribution in [3.63, 3.8) is 0 Å². The molecule has 0 radical (unpaired) electrons. The fraction of sp³-hybridized carbons (Fsp3) is 0.636. The van der Waals surface area contributed by atoms with Crippen molar-refractivity contribution in [2.24, 2.45) is 0 Å². The molecule has 1 aromatic heterocycles. The van der Waals surface area contributed by atoms with Gasteiger partial charge in [0.05, 0.1) is 10.6 Å². The number of piperidine rings is 1. The fourth-order valence-electron chi connectivity index (χ4n) is 2.01. The second-order valence-electron chi connectivity index (χ2n) is 4.10. The number of aryl methyl sites for hydroxylation is 1. The Hall–Kier alpha value is -0.900. The maximum absolute atomic E-state index is 10.8. The number of aromatic nitrogens is 1. The molecule has 0 aliphatic carbocycles. The first-order valence-corrected chi connectivity index (χ1v) is 6.23. The third-order valence-corrected chi connectivity index (χ3v) is 4.10. The van der Waals surface area contributed by atoms with Crippen LogP contribution in [0, 0.1) is 6.92 Å². The molecule has 0 amide bonds. The van der Waals surface area contributed by atoms with Crippen LogP contribution < -0.4 is 4.90 Å². The van der Waals surface area contributed by atoms with Gasteiger partial charge < -0.3 is 4.90 Å². The molecule has 1 aromatic rings. The Labute approximate surface area is 94.1 Å². The van der Waals surface area contributed by atoms with Crippen LogP contribution in [0.3, 0.4) is 0 Å². The number of aldehydes is 1. The number of hydrogen-bond donors (Lipinski definition) is 0. The van der Waals surface area contributed by atoms with Crippen molar-refractivity contribution in [1.29, 1.82) is 0 Å². The minimum absolute atomic E-state index is 0.559. The lowest BCUT2D eigenvalue weighted by Gasteiger charge is -2.33. The van der Waals surface area contributed by atoms with Crippen LogP contribution in [0.4, 0.5) is 5.13 Å². The van der Waals surface area contributed by atoms with Gasteiger partial charge in [0.15, 0.2) is 11.4 Å². The van der Waals surface area contributed by atoms with Gasteiger partial charge in [0.1, 0.15) is 0 Å². The van der Waals surface area contributed by atoms with E-state index in [0.717, 1.165) is 28.5 Å². The van der Waals surface area contributed by atoms with Crippen LogP contribution in [0.25, 0.3) is 0 Å². The average Bonchev–Trinajstić information content (AvgIpc) is 2.60. The Balaban J connectivity index is 2.23. The normalized spacial score (nSPS) is 21.7. The highest BCUT2D eigenvalue weighted by atomic mass is 32.1.